The maximum Gasteiger partial charge on any atom is 0.225 e. The molecule has 1 aromatic carbocycles. The van der Waals surface area contributed by atoms with Gasteiger partial charge in [-0.15, -0.1) is 11.3 Å². The van der Waals surface area contributed by atoms with Crippen molar-refractivity contribution in [3.05, 3.63) is 52.5 Å². The molecule has 0 bridgehead atoms. The molecule has 5 heteroatoms. The normalized spacial score (nSPS) is 11.2. The Bertz CT molecular complexity index is 774. The average molecular weight is 313 g/mol. The standard InChI is InChI=1S/C17H19N3OS/c1-12(2)20-11-19-15-8-13(5-6-16(15)20)10-18-17(21)9-14-4-3-7-22-14/h3-8,11-12H,9-10H2,1-2H3,(H,18,21). The topological polar surface area (TPSA) is 46.9 Å². The predicted molar refractivity (Wildman–Crippen MR) is 90.0 cm³/mol. The third kappa shape index (κ3) is 3.20. The molecule has 0 unspecified atom stereocenters. The number of nitrogens with one attached hydrogen (secondary N) is 1. The molecular formula is C17H19N3OS. The summed E-state index contributed by atoms with van der Waals surface area (Å²) in [6.45, 7) is 4.81. The third-order valence-electron chi connectivity index (χ3n) is 3.60. The second kappa shape index (κ2) is 6.32. The van der Waals surface area contributed by atoms with Gasteiger partial charge in [0.05, 0.1) is 23.8 Å². The third-order valence-corrected chi connectivity index (χ3v) is 4.48. The van der Waals surface area contributed by atoms with Crippen LogP contribution in [-0.4, -0.2) is 15.5 Å². The lowest BCUT2D eigenvalue weighted by atomic mass is 10.2. The van der Waals surface area contributed by atoms with Crippen LogP contribution in [0.5, 0.6) is 0 Å². The molecule has 3 rings (SSSR count). The monoisotopic (exact) mass is 313 g/mol. The van der Waals surface area contributed by atoms with E-state index in [2.05, 4.69) is 34.8 Å². The molecule has 0 saturated heterocycles. The van der Waals surface area contributed by atoms with Crippen LogP contribution < -0.4 is 5.32 Å². The SMILES string of the molecule is CC(C)n1cnc2cc(CNC(=O)Cc3cccs3)ccc21. The van der Waals surface area contributed by atoms with Crippen molar-refractivity contribution < 1.29 is 4.79 Å². The molecule has 0 fully saturated rings. The molecule has 0 saturated carbocycles. The van der Waals surface area contributed by atoms with Gasteiger partial charge in [-0.1, -0.05) is 12.1 Å². The largest absolute Gasteiger partial charge is 0.352 e. The van der Waals surface area contributed by atoms with Gasteiger partial charge in [-0.05, 0) is 43.0 Å². The number of benzene rings is 1. The van der Waals surface area contributed by atoms with Crippen molar-refractivity contribution in [2.75, 3.05) is 0 Å². The maximum atomic E-state index is 11.9. The van der Waals surface area contributed by atoms with E-state index >= 15 is 0 Å². The van der Waals surface area contributed by atoms with E-state index in [0.717, 1.165) is 21.5 Å². The number of fused-ring (bicyclic) bond motifs is 1. The highest BCUT2D eigenvalue weighted by Crippen LogP contribution is 2.18. The van der Waals surface area contributed by atoms with E-state index in [-0.39, 0.29) is 5.91 Å². The summed E-state index contributed by atoms with van der Waals surface area (Å²) in [7, 11) is 0. The van der Waals surface area contributed by atoms with Crippen LogP contribution in [0.4, 0.5) is 0 Å². The molecule has 114 valence electrons. The second-order valence-corrected chi connectivity index (χ2v) is 6.63. The Balaban J connectivity index is 1.65. The molecule has 3 aromatic rings. The number of amides is 1. The first-order valence-electron chi connectivity index (χ1n) is 7.38. The summed E-state index contributed by atoms with van der Waals surface area (Å²) in [6.07, 6.45) is 2.32. The van der Waals surface area contributed by atoms with Crippen LogP contribution >= 0.6 is 11.3 Å². The Kier molecular flexibility index (Phi) is 4.24. The molecule has 0 atom stereocenters. The van der Waals surface area contributed by atoms with Gasteiger partial charge in [0.1, 0.15) is 0 Å². The van der Waals surface area contributed by atoms with Gasteiger partial charge in [0, 0.05) is 17.5 Å². The minimum Gasteiger partial charge on any atom is -0.352 e. The van der Waals surface area contributed by atoms with Crippen molar-refractivity contribution in [1.29, 1.82) is 0 Å². The van der Waals surface area contributed by atoms with Crippen LogP contribution in [0.2, 0.25) is 0 Å². The lowest BCUT2D eigenvalue weighted by molar-refractivity contribution is -0.120. The molecule has 0 radical (unpaired) electrons. The van der Waals surface area contributed by atoms with Crippen LogP contribution in [0.3, 0.4) is 0 Å². The number of thiophene rings is 1. The summed E-state index contributed by atoms with van der Waals surface area (Å²) >= 11 is 1.61. The molecule has 1 N–H and O–H groups in total. The molecule has 0 spiro atoms. The van der Waals surface area contributed by atoms with Gasteiger partial charge in [-0.25, -0.2) is 4.98 Å². The predicted octanol–water partition coefficient (Wildman–Crippen LogP) is 3.54. The second-order valence-electron chi connectivity index (χ2n) is 5.60. The van der Waals surface area contributed by atoms with Crippen LogP contribution in [0.25, 0.3) is 11.0 Å². The van der Waals surface area contributed by atoms with Gasteiger partial charge in [0.15, 0.2) is 0 Å². The van der Waals surface area contributed by atoms with Gasteiger partial charge in [-0.2, -0.15) is 0 Å². The highest BCUT2D eigenvalue weighted by atomic mass is 32.1. The van der Waals surface area contributed by atoms with Crippen LogP contribution in [0.1, 0.15) is 30.3 Å². The first-order valence-corrected chi connectivity index (χ1v) is 8.26. The van der Waals surface area contributed by atoms with E-state index in [1.807, 2.05) is 36.0 Å². The summed E-state index contributed by atoms with van der Waals surface area (Å²) in [4.78, 5) is 17.4. The first kappa shape index (κ1) is 14.8. The van der Waals surface area contributed by atoms with Gasteiger partial charge in [0.25, 0.3) is 0 Å². The van der Waals surface area contributed by atoms with E-state index in [0.29, 0.717) is 19.0 Å². The zero-order valence-corrected chi connectivity index (χ0v) is 13.6. The Labute approximate surface area is 133 Å². The number of hydrogen-bond acceptors (Lipinski definition) is 3. The molecule has 22 heavy (non-hydrogen) atoms. The first-order chi connectivity index (χ1) is 10.6. The number of carbonyl (C=O) groups is 1. The molecule has 2 aromatic heterocycles. The summed E-state index contributed by atoms with van der Waals surface area (Å²) in [5.41, 5.74) is 3.17. The van der Waals surface area contributed by atoms with Crippen molar-refractivity contribution in [2.45, 2.75) is 32.9 Å². The van der Waals surface area contributed by atoms with Crippen LogP contribution in [-0.2, 0) is 17.8 Å². The summed E-state index contributed by atoms with van der Waals surface area (Å²) in [5.74, 6) is 0.0512. The molecular weight excluding hydrogens is 294 g/mol. The number of nitrogens with zero attached hydrogens (tertiary/aromatic N) is 2. The van der Waals surface area contributed by atoms with E-state index in [1.165, 1.54) is 0 Å². The summed E-state index contributed by atoms with van der Waals surface area (Å²) in [5, 5.41) is 4.95. The average Bonchev–Trinajstić information content (AvgIpc) is 3.13. The Morgan fingerprint density at radius 3 is 2.95 bits per heavy atom. The molecule has 0 aliphatic carbocycles. The van der Waals surface area contributed by atoms with Gasteiger partial charge in [0.2, 0.25) is 5.91 Å². The van der Waals surface area contributed by atoms with Crippen molar-refractivity contribution in [1.82, 2.24) is 14.9 Å². The zero-order valence-electron chi connectivity index (χ0n) is 12.7. The molecule has 4 nitrogen and oxygen atoms in total. The minimum absolute atomic E-state index is 0.0512. The summed E-state index contributed by atoms with van der Waals surface area (Å²) < 4.78 is 2.15. The molecule has 0 aliphatic heterocycles. The Morgan fingerprint density at radius 2 is 2.23 bits per heavy atom. The lowest BCUT2D eigenvalue weighted by Crippen LogP contribution is -2.24. The van der Waals surface area contributed by atoms with Crippen molar-refractivity contribution in [2.24, 2.45) is 0 Å². The molecule has 1 amide bonds. The fourth-order valence-corrected chi connectivity index (χ4v) is 3.14. The van der Waals surface area contributed by atoms with Crippen LogP contribution in [0.15, 0.2) is 42.0 Å². The van der Waals surface area contributed by atoms with Crippen molar-refractivity contribution >= 4 is 28.3 Å². The smallest absolute Gasteiger partial charge is 0.225 e. The highest BCUT2D eigenvalue weighted by molar-refractivity contribution is 7.10. The van der Waals surface area contributed by atoms with Crippen molar-refractivity contribution in [3.8, 4) is 0 Å². The molecule has 0 aliphatic rings. The van der Waals surface area contributed by atoms with E-state index < -0.39 is 0 Å². The number of aromatic nitrogens is 2. The van der Waals surface area contributed by atoms with Gasteiger partial charge in [-0.3, -0.25) is 4.79 Å². The number of carbonyl (C=O) groups excluding carboxylic acids is 1. The number of rotatable bonds is 5. The number of imidazole rings is 1. The fraction of sp³-hybridized carbons (Fsp3) is 0.294. The maximum absolute atomic E-state index is 11.9. The Morgan fingerprint density at radius 1 is 1.36 bits per heavy atom. The van der Waals surface area contributed by atoms with Gasteiger partial charge < -0.3 is 9.88 Å². The summed E-state index contributed by atoms with van der Waals surface area (Å²) in [6, 6.07) is 10.5. The Hall–Kier alpha value is -2.14. The number of hydrogen-bond donors (Lipinski definition) is 1. The van der Waals surface area contributed by atoms with Gasteiger partial charge >= 0.3 is 0 Å². The quantitative estimate of drug-likeness (QED) is 0.783. The lowest BCUT2D eigenvalue weighted by Gasteiger charge is -2.08. The van der Waals surface area contributed by atoms with Crippen LogP contribution in [0, 0.1) is 0 Å². The van der Waals surface area contributed by atoms with E-state index in [9.17, 15) is 4.79 Å². The fourth-order valence-electron chi connectivity index (χ4n) is 2.43. The highest BCUT2D eigenvalue weighted by Gasteiger charge is 2.07. The minimum atomic E-state index is 0.0512. The zero-order chi connectivity index (χ0) is 15.5. The van der Waals surface area contributed by atoms with E-state index in [1.54, 1.807) is 11.3 Å². The van der Waals surface area contributed by atoms with Crippen molar-refractivity contribution in [3.63, 3.8) is 0 Å². The molecule has 2 heterocycles. The van der Waals surface area contributed by atoms with E-state index in [4.69, 9.17) is 0 Å².